The van der Waals surface area contributed by atoms with Crippen molar-refractivity contribution in [3.63, 3.8) is 0 Å². The SMILES string of the molecule is CC(N)CC(=O)N(Cc1ccc(C(N)=O)cc1)C1CC1. The van der Waals surface area contributed by atoms with Gasteiger partial charge in [-0.1, -0.05) is 12.1 Å². The molecule has 108 valence electrons. The normalized spacial score (nSPS) is 15.7. The van der Waals surface area contributed by atoms with Crippen LogP contribution in [-0.4, -0.2) is 28.8 Å². The molecule has 1 fully saturated rings. The van der Waals surface area contributed by atoms with Gasteiger partial charge in [0.25, 0.3) is 0 Å². The summed E-state index contributed by atoms with van der Waals surface area (Å²) in [5.74, 6) is -0.342. The van der Waals surface area contributed by atoms with Crippen molar-refractivity contribution in [3.05, 3.63) is 35.4 Å². The Labute approximate surface area is 118 Å². The molecule has 2 rings (SSSR count). The van der Waals surface area contributed by atoms with Crippen LogP contribution >= 0.6 is 0 Å². The minimum absolute atomic E-state index is 0.0986. The van der Waals surface area contributed by atoms with Crippen molar-refractivity contribution in [3.8, 4) is 0 Å². The molecule has 0 saturated heterocycles. The molecular formula is C15H21N3O2. The second kappa shape index (κ2) is 6.05. The van der Waals surface area contributed by atoms with Crippen molar-refractivity contribution in [1.82, 2.24) is 4.90 Å². The fourth-order valence-electron chi connectivity index (χ4n) is 2.17. The van der Waals surface area contributed by atoms with Gasteiger partial charge in [-0.25, -0.2) is 0 Å². The number of benzene rings is 1. The topological polar surface area (TPSA) is 89.4 Å². The number of carbonyl (C=O) groups is 2. The number of carbonyl (C=O) groups excluding carboxylic acids is 2. The summed E-state index contributed by atoms with van der Waals surface area (Å²) in [5, 5.41) is 0. The number of hydrogen-bond acceptors (Lipinski definition) is 3. The molecule has 0 spiro atoms. The summed E-state index contributed by atoms with van der Waals surface area (Å²) in [4.78, 5) is 25.1. The van der Waals surface area contributed by atoms with Gasteiger partial charge in [0, 0.05) is 30.6 Å². The molecule has 5 heteroatoms. The molecule has 1 aliphatic rings. The van der Waals surface area contributed by atoms with Crippen molar-refractivity contribution < 1.29 is 9.59 Å². The van der Waals surface area contributed by atoms with Gasteiger partial charge in [0.05, 0.1) is 0 Å². The number of rotatable bonds is 6. The van der Waals surface area contributed by atoms with Gasteiger partial charge in [0.2, 0.25) is 11.8 Å². The second-order valence-corrected chi connectivity index (χ2v) is 5.50. The zero-order valence-corrected chi connectivity index (χ0v) is 11.7. The van der Waals surface area contributed by atoms with E-state index in [9.17, 15) is 9.59 Å². The summed E-state index contributed by atoms with van der Waals surface area (Å²) in [5.41, 5.74) is 12.4. The smallest absolute Gasteiger partial charge is 0.248 e. The third kappa shape index (κ3) is 3.81. The highest BCUT2D eigenvalue weighted by Gasteiger charge is 2.32. The molecule has 0 radical (unpaired) electrons. The van der Waals surface area contributed by atoms with Crippen LogP contribution in [0, 0.1) is 0 Å². The quantitative estimate of drug-likeness (QED) is 0.812. The lowest BCUT2D eigenvalue weighted by Crippen LogP contribution is -2.36. The van der Waals surface area contributed by atoms with Crippen LogP contribution in [0.2, 0.25) is 0 Å². The van der Waals surface area contributed by atoms with Gasteiger partial charge < -0.3 is 16.4 Å². The summed E-state index contributed by atoms with van der Waals surface area (Å²) < 4.78 is 0. The first-order valence-electron chi connectivity index (χ1n) is 6.91. The molecule has 20 heavy (non-hydrogen) atoms. The fourth-order valence-corrected chi connectivity index (χ4v) is 2.17. The molecule has 1 atom stereocenters. The summed E-state index contributed by atoms with van der Waals surface area (Å²) in [6.07, 6.45) is 2.49. The Morgan fingerprint density at radius 3 is 2.35 bits per heavy atom. The molecule has 4 N–H and O–H groups in total. The van der Waals surface area contributed by atoms with Crippen LogP contribution in [-0.2, 0) is 11.3 Å². The van der Waals surface area contributed by atoms with Crippen molar-refractivity contribution in [2.45, 2.75) is 44.8 Å². The zero-order chi connectivity index (χ0) is 14.7. The molecule has 1 saturated carbocycles. The standard InChI is InChI=1S/C15H21N3O2/c1-10(16)8-14(19)18(13-6-7-13)9-11-2-4-12(5-3-11)15(17)20/h2-5,10,13H,6-9,16H2,1H3,(H2,17,20). The third-order valence-electron chi connectivity index (χ3n) is 3.40. The van der Waals surface area contributed by atoms with E-state index in [2.05, 4.69) is 0 Å². The summed E-state index contributed by atoms with van der Waals surface area (Å²) in [6.45, 7) is 2.40. The monoisotopic (exact) mass is 275 g/mol. The summed E-state index contributed by atoms with van der Waals surface area (Å²) >= 11 is 0. The maximum absolute atomic E-state index is 12.2. The summed E-state index contributed by atoms with van der Waals surface area (Å²) in [6, 6.07) is 7.29. The van der Waals surface area contributed by atoms with Crippen LogP contribution in [0.25, 0.3) is 0 Å². The molecule has 2 amide bonds. The minimum Gasteiger partial charge on any atom is -0.366 e. The molecule has 1 unspecified atom stereocenters. The molecule has 1 aromatic rings. The first-order chi connectivity index (χ1) is 9.47. The van der Waals surface area contributed by atoms with Gasteiger partial charge in [-0.2, -0.15) is 0 Å². The van der Waals surface area contributed by atoms with Crippen LogP contribution in [0.4, 0.5) is 0 Å². The van der Waals surface area contributed by atoms with Crippen molar-refractivity contribution in [1.29, 1.82) is 0 Å². The van der Waals surface area contributed by atoms with E-state index < -0.39 is 5.91 Å². The predicted molar refractivity (Wildman–Crippen MR) is 76.8 cm³/mol. The van der Waals surface area contributed by atoms with Gasteiger partial charge in [-0.15, -0.1) is 0 Å². The number of amides is 2. The number of nitrogens with two attached hydrogens (primary N) is 2. The molecule has 0 aromatic heterocycles. The van der Waals surface area contributed by atoms with Gasteiger partial charge in [-0.3, -0.25) is 9.59 Å². The maximum atomic E-state index is 12.2. The molecule has 0 heterocycles. The van der Waals surface area contributed by atoms with E-state index >= 15 is 0 Å². The minimum atomic E-state index is -0.441. The van der Waals surface area contributed by atoms with Gasteiger partial charge in [-0.05, 0) is 37.5 Å². The van der Waals surface area contributed by atoms with Crippen molar-refractivity contribution in [2.24, 2.45) is 11.5 Å². The molecule has 0 aliphatic heterocycles. The molecular weight excluding hydrogens is 254 g/mol. The van der Waals surface area contributed by atoms with E-state index in [0.717, 1.165) is 18.4 Å². The van der Waals surface area contributed by atoms with Crippen LogP contribution in [0.1, 0.15) is 42.1 Å². The lowest BCUT2D eigenvalue weighted by atomic mass is 10.1. The lowest BCUT2D eigenvalue weighted by Gasteiger charge is -2.23. The van der Waals surface area contributed by atoms with E-state index in [-0.39, 0.29) is 11.9 Å². The van der Waals surface area contributed by atoms with Crippen LogP contribution in [0.15, 0.2) is 24.3 Å². The Bertz CT molecular complexity index is 492. The van der Waals surface area contributed by atoms with Crippen LogP contribution in [0.3, 0.4) is 0 Å². The Kier molecular flexibility index (Phi) is 4.39. The third-order valence-corrected chi connectivity index (χ3v) is 3.40. The van der Waals surface area contributed by atoms with E-state index in [1.807, 2.05) is 24.0 Å². The Morgan fingerprint density at radius 1 is 1.30 bits per heavy atom. The number of primary amides is 1. The number of nitrogens with zero attached hydrogens (tertiary/aromatic N) is 1. The summed E-state index contributed by atoms with van der Waals surface area (Å²) in [7, 11) is 0. The maximum Gasteiger partial charge on any atom is 0.248 e. The Balaban J connectivity index is 2.04. The second-order valence-electron chi connectivity index (χ2n) is 5.50. The predicted octanol–water partition coefficient (Wildman–Crippen LogP) is 1.01. The molecule has 1 aromatic carbocycles. The van der Waals surface area contributed by atoms with Gasteiger partial charge in [0.15, 0.2) is 0 Å². The van der Waals surface area contributed by atoms with E-state index in [1.54, 1.807) is 12.1 Å². The molecule has 5 nitrogen and oxygen atoms in total. The molecule has 0 bridgehead atoms. The Hall–Kier alpha value is -1.88. The van der Waals surface area contributed by atoms with Gasteiger partial charge in [0.1, 0.15) is 0 Å². The first-order valence-corrected chi connectivity index (χ1v) is 6.91. The average molecular weight is 275 g/mol. The highest BCUT2D eigenvalue weighted by atomic mass is 16.2. The average Bonchev–Trinajstić information content (AvgIpc) is 3.19. The first kappa shape index (κ1) is 14.5. The van der Waals surface area contributed by atoms with Crippen molar-refractivity contribution >= 4 is 11.8 Å². The highest BCUT2D eigenvalue weighted by molar-refractivity contribution is 5.92. The van der Waals surface area contributed by atoms with Crippen LogP contribution < -0.4 is 11.5 Å². The van der Waals surface area contributed by atoms with Gasteiger partial charge >= 0.3 is 0 Å². The van der Waals surface area contributed by atoms with E-state index in [4.69, 9.17) is 11.5 Å². The largest absolute Gasteiger partial charge is 0.366 e. The highest BCUT2D eigenvalue weighted by Crippen LogP contribution is 2.29. The zero-order valence-electron chi connectivity index (χ0n) is 11.7. The fraction of sp³-hybridized carbons (Fsp3) is 0.467. The lowest BCUT2D eigenvalue weighted by molar-refractivity contribution is -0.132. The van der Waals surface area contributed by atoms with Crippen molar-refractivity contribution in [2.75, 3.05) is 0 Å². The van der Waals surface area contributed by atoms with E-state index in [0.29, 0.717) is 24.6 Å². The Morgan fingerprint density at radius 2 is 1.90 bits per heavy atom. The molecule has 1 aliphatic carbocycles. The number of hydrogen-bond donors (Lipinski definition) is 2. The van der Waals surface area contributed by atoms with E-state index in [1.165, 1.54) is 0 Å². The van der Waals surface area contributed by atoms with Crippen LogP contribution in [0.5, 0.6) is 0 Å².